The molecule has 0 spiro atoms. The van der Waals surface area contributed by atoms with Gasteiger partial charge in [0, 0.05) is 12.6 Å². The van der Waals surface area contributed by atoms with Crippen molar-refractivity contribution in [2.45, 2.75) is 20.5 Å². The molecule has 194 valence electrons. The third-order valence-electron chi connectivity index (χ3n) is 5.50. The lowest BCUT2D eigenvalue weighted by Gasteiger charge is -2.12. The predicted molar refractivity (Wildman–Crippen MR) is 146 cm³/mol. The average molecular weight is 532 g/mol. The molecule has 1 amide bonds. The maximum absolute atomic E-state index is 13.1. The average Bonchev–Trinajstić information content (AvgIpc) is 3.21. The lowest BCUT2D eigenvalue weighted by molar-refractivity contribution is -0.386. The summed E-state index contributed by atoms with van der Waals surface area (Å²) in [6.45, 7) is 4.40. The summed E-state index contributed by atoms with van der Waals surface area (Å²) in [5.41, 5.74) is 2.05. The van der Waals surface area contributed by atoms with E-state index in [0.717, 1.165) is 17.3 Å². The van der Waals surface area contributed by atoms with Gasteiger partial charge in [0.25, 0.3) is 5.91 Å². The monoisotopic (exact) mass is 531 g/mol. The summed E-state index contributed by atoms with van der Waals surface area (Å²) in [6, 6.07) is 20.6. The Morgan fingerprint density at radius 1 is 1.08 bits per heavy atom. The fourth-order valence-electron chi connectivity index (χ4n) is 3.67. The van der Waals surface area contributed by atoms with Crippen molar-refractivity contribution in [1.82, 2.24) is 4.90 Å². The highest BCUT2D eigenvalue weighted by molar-refractivity contribution is 8.18. The number of aliphatic imine (C=N–C) groups is 1. The number of nitrogens with zero attached hydrogens (tertiary/aromatic N) is 3. The number of rotatable bonds is 9. The molecule has 0 atom stereocenters. The highest BCUT2D eigenvalue weighted by Gasteiger charge is 2.32. The van der Waals surface area contributed by atoms with E-state index in [-0.39, 0.29) is 30.6 Å². The minimum absolute atomic E-state index is 0.144. The number of carbonyl (C=O) groups is 2. The van der Waals surface area contributed by atoms with E-state index in [1.165, 1.54) is 17.0 Å². The second-order valence-electron chi connectivity index (χ2n) is 8.08. The fourth-order valence-corrected chi connectivity index (χ4v) is 4.74. The molecule has 4 rings (SSSR count). The molecular weight excluding hydrogens is 506 g/mol. The van der Waals surface area contributed by atoms with E-state index in [4.69, 9.17) is 9.47 Å². The van der Waals surface area contributed by atoms with Crippen LogP contribution in [0.15, 0.2) is 82.7 Å². The lowest BCUT2D eigenvalue weighted by atomic mass is 10.1. The van der Waals surface area contributed by atoms with Crippen LogP contribution in [0.2, 0.25) is 0 Å². The zero-order chi connectivity index (χ0) is 27.1. The number of benzene rings is 3. The number of carbonyl (C=O) groups excluding carboxylic acids is 2. The van der Waals surface area contributed by atoms with Gasteiger partial charge in [0.05, 0.1) is 27.7 Å². The Labute approximate surface area is 223 Å². The van der Waals surface area contributed by atoms with Gasteiger partial charge in [-0.25, -0.2) is 9.79 Å². The van der Waals surface area contributed by atoms with E-state index in [1.807, 2.05) is 37.3 Å². The lowest BCUT2D eigenvalue weighted by Crippen LogP contribution is -2.28. The largest absolute Gasteiger partial charge is 0.482 e. The molecule has 3 aromatic rings. The van der Waals surface area contributed by atoms with Crippen LogP contribution in [0.5, 0.6) is 5.75 Å². The summed E-state index contributed by atoms with van der Waals surface area (Å²) in [7, 11) is 0. The van der Waals surface area contributed by atoms with Crippen LogP contribution in [0, 0.1) is 10.1 Å². The van der Waals surface area contributed by atoms with Crippen molar-refractivity contribution in [3.63, 3.8) is 0 Å². The minimum Gasteiger partial charge on any atom is -0.482 e. The Kier molecular flexibility index (Phi) is 8.55. The van der Waals surface area contributed by atoms with E-state index in [0.29, 0.717) is 33.4 Å². The first-order valence-electron chi connectivity index (χ1n) is 11.9. The number of hydrogen-bond donors (Lipinski definition) is 0. The summed E-state index contributed by atoms with van der Waals surface area (Å²) in [6.07, 6.45) is 1.60. The van der Waals surface area contributed by atoms with Crippen LogP contribution >= 0.6 is 11.8 Å². The Morgan fingerprint density at radius 2 is 1.87 bits per heavy atom. The van der Waals surface area contributed by atoms with Crippen LogP contribution in [-0.4, -0.2) is 40.0 Å². The SMILES string of the molecule is CCOC(=O)c1cccc(N=C2SC(=Cc3ccc(OCc4ccccc4)c([N+](=O)[O-])c3)C(=O)N2CC)c1. The molecule has 1 fully saturated rings. The molecule has 10 heteroatoms. The number of nitro groups is 1. The van der Waals surface area contributed by atoms with Crippen LogP contribution < -0.4 is 4.74 Å². The van der Waals surface area contributed by atoms with E-state index in [1.54, 1.807) is 43.3 Å². The van der Waals surface area contributed by atoms with Gasteiger partial charge in [-0.05, 0) is 67.1 Å². The molecule has 1 saturated heterocycles. The molecule has 3 aromatic carbocycles. The van der Waals surface area contributed by atoms with Crippen LogP contribution in [0.25, 0.3) is 6.08 Å². The van der Waals surface area contributed by atoms with Crippen molar-refractivity contribution in [3.8, 4) is 5.75 Å². The zero-order valence-corrected chi connectivity index (χ0v) is 21.6. The van der Waals surface area contributed by atoms with Crippen molar-refractivity contribution in [3.05, 3.63) is 105 Å². The van der Waals surface area contributed by atoms with Gasteiger partial charge in [0.2, 0.25) is 0 Å². The van der Waals surface area contributed by atoms with Crippen LogP contribution in [0.1, 0.15) is 35.3 Å². The molecule has 0 radical (unpaired) electrons. The number of ether oxygens (including phenoxy) is 2. The van der Waals surface area contributed by atoms with Crippen molar-refractivity contribution in [2.75, 3.05) is 13.2 Å². The third-order valence-corrected chi connectivity index (χ3v) is 6.51. The van der Waals surface area contributed by atoms with Crippen LogP contribution in [-0.2, 0) is 16.1 Å². The van der Waals surface area contributed by atoms with Gasteiger partial charge in [-0.3, -0.25) is 19.8 Å². The summed E-state index contributed by atoms with van der Waals surface area (Å²) >= 11 is 1.16. The van der Waals surface area contributed by atoms with Crippen molar-refractivity contribution < 1.29 is 24.0 Å². The maximum atomic E-state index is 13.1. The Balaban J connectivity index is 1.58. The van der Waals surface area contributed by atoms with E-state index < -0.39 is 10.9 Å². The standard InChI is InChI=1S/C28H25N3O6S/c1-3-30-26(32)25(38-28(30)29-22-12-8-11-21(17-22)27(33)36-4-2)16-20-13-14-24(23(15-20)31(34)35)37-18-19-9-6-5-7-10-19/h5-17H,3-4,18H2,1-2H3. The van der Waals surface area contributed by atoms with Gasteiger partial charge in [-0.1, -0.05) is 42.5 Å². The number of amidine groups is 1. The van der Waals surface area contributed by atoms with Gasteiger partial charge in [0.1, 0.15) is 6.61 Å². The quantitative estimate of drug-likeness (QED) is 0.145. The van der Waals surface area contributed by atoms with Gasteiger partial charge in [-0.15, -0.1) is 0 Å². The third kappa shape index (κ3) is 6.27. The van der Waals surface area contributed by atoms with Gasteiger partial charge >= 0.3 is 11.7 Å². The molecule has 0 saturated carbocycles. The van der Waals surface area contributed by atoms with Crippen molar-refractivity contribution >= 4 is 46.3 Å². The van der Waals surface area contributed by atoms with Crippen molar-refractivity contribution in [2.24, 2.45) is 4.99 Å². The molecule has 9 nitrogen and oxygen atoms in total. The second-order valence-corrected chi connectivity index (χ2v) is 9.09. The summed E-state index contributed by atoms with van der Waals surface area (Å²) in [5.74, 6) is -0.564. The number of likely N-dealkylation sites (N-methyl/N-ethyl adjacent to an activating group) is 1. The number of thioether (sulfide) groups is 1. The first-order valence-corrected chi connectivity index (χ1v) is 12.7. The minimum atomic E-state index is -0.506. The van der Waals surface area contributed by atoms with E-state index in [2.05, 4.69) is 4.99 Å². The predicted octanol–water partition coefficient (Wildman–Crippen LogP) is 5.97. The van der Waals surface area contributed by atoms with Gasteiger partial charge in [0.15, 0.2) is 10.9 Å². The molecule has 1 heterocycles. The Hall–Kier alpha value is -4.44. The van der Waals surface area contributed by atoms with E-state index in [9.17, 15) is 19.7 Å². The summed E-state index contributed by atoms with van der Waals surface area (Å²) in [4.78, 5) is 42.8. The molecule has 0 unspecified atom stereocenters. The van der Waals surface area contributed by atoms with Gasteiger partial charge in [-0.2, -0.15) is 0 Å². The van der Waals surface area contributed by atoms with Gasteiger partial charge < -0.3 is 9.47 Å². The summed E-state index contributed by atoms with van der Waals surface area (Å²) in [5, 5.41) is 12.2. The Bertz CT molecular complexity index is 1420. The molecule has 1 aliphatic heterocycles. The molecule has 0 N–H and O–H groups in total. The molecule has 0 bridgehead atoms. The number of hydrogen-bond acceptors (Lipinski definition) is 8. The number of amides is 1. The normalized spacial score (nSPS) is 15.2. The second kappa shape index (κ2) is 12.2. The summed E-state index contributed by atoms with van der Waals surface area (Å²) < 4.78 is 10.7. The van der Waals surface area contributed by atoms with Crippen LogP contribution in [0.3, 0.4) is 0 Å². The number of esters is 1. The van der Waals surface area contributed by atoms with Crippen LogP contribution in [0.4, 0.5) is 11.4 Å². The smallest absolute Gasteiger partial charge is 0.338 e. The topological polar surface area (TPSA) is 111 Å². The maximum Gasteiger partial charge on any atom is 0.338 e. The number of nitro benzene ring substituents is 1. The molecule has 1 aliphatic rings. The van der Waals surface area contributed by atoms with E-state index >= 15 is 0 Å². The molecule has 0 aromatic heterocycles. The highest BCUT2D eigenvalue weighted by atomic mass is 32.2. The first-order chi connectivity index (χ1) is 18.4. The molecule has 38 heavy (non-hydrogen) atoms. The first kappa shape index (κ1) is 26.6. The highest BCUT2D eigenvalue weighted by Crippen LogP contribution is 2.36. The fraction of sp³-hybridized carbons (Fsp3) is 0.179. The zero-order valence-electron chi connectivity index (χ0n) is 20.8. The Morgan fingerprint density at radius 3 is 2.58 bits per heavy atom. The molecule has 0 aliphatic carbocycles. The molecular formula is C28H25N3O6S. The van der Waals surface area contributed by atoms with Crippen molar-refractivity contribution in [1.29, 1.82) is 0 Å².